The third-order valence-electron chi connectivity index (χ3n) is 1.77. The number of halogens is 2. The minimum absolute atomic E-state index is 0.181. The number of benzene rings is 1. The lowest BCUT2D eigenvalue weighted by molar-refractivity contribution is 0.0982. The molecule has 1 aromatic carbocycles. The molecule has 15 heavy (non-hydrogen) atoms. The van der Waals surface area contributed by atoms with Crippen molar-refractivity contribution >= 4 is 17.5 Å². The summed E-state index contributed by atoms with van der Waals surface area (Å²) in [7, 11) is 0. The summed E-state index contributed by atoms with van der Waals surface area (Å²) in [5.41, 5.74) is 5.57. The van der Waals surface area contributed by atoms with Crippen LogP contribution in [0, 0.1) is 0 Å². The number of hydrogen-bond acceptors (Lipinski definition) is 3. The lowest BCUT2D eigenvalue weighted by atomic mass is 10.1. The van der Waals surface area contributed by atoms with Crippen molar-refractivity contribution in [3.8, 4) is 0 Å². The van der Waals surface area contributed by atoms with Gasteiger partial charge in [0.1, 0.15) is 0 Å². The zero-order valence-electron chi connectivity index (χ0n) is 7.95. The van der Waals surface area contributed by atoms with Crippen molar-refractivity contribution in [3.05, 3.63) is 29.8 Å². The first kappa shape index (κ1) is 12.1. The summed E-state index contributed by atoms with van der Waals surface area (Å²) in [4.78, 5) is 11.8. The summed E-state index contributed by atoms with van der Waals surface area (Å²) in [6, 6.07) is 6.34. The van der Waals surface area contributed by atoms with Crippen LogP contribution in [0.25, 0.3) is 0 Å². The van der Waals surface area contributed by atoms with Crippen molar-refractivity contribution < 1.29 is 13.6 Å². The third-order valence-corrected chi connectivity index (χ3v) is 2.56. The molecule has 0 saturated carbocycles. The van der Waals surface area contributed by atoms with Gasteiger partial charge in [-0.3, -0.25) is 4.79 Å². The Morgan fingerprint density at radius 2 is 2.07 bits per heavy atom. The van der Waals surface area contributed by atoms with E-state index >= 15 is 0 Å². The highest BCUT2D eigenvalue weighted by molar-refractivity contribution is 7.99. The standard InChI is InChI=1S/C10H11F2NOS/c11-10(12)15-9-4-2-1-3-7(9)8(14)5-6-13/h1-4,10H,5-6,13H2. The van der Waals surface area contributed by atoms with Gasteiger partial charge in [0.15, 0.2) is 5.78 Å². The van der Waals surface area contributed by atoms with Gasteiger partial charge in [0.25, 0.3) is 5.76 Å². The van der Waals surface area contributed by atoms with Crippen LogP contribution in [-0.2, 0) is 0 Å². The maximum atomic E-state index is 12.2. The molecular weight excluding hydrogens is 220 g/mol. The molecule has 1 aromatic rings. The fraction of sp³-hybridized carbons (Fsp3) is 0.300. The summed E-state index contributed by atoms with van der Waals surface area (Å²) < 4.78 is 24.4. The van der Waals surface area contributed by atoms with Crippen molar-refractivity contribution in [3.63, 3.8) is 0 Å². The number of ketones is 1. The van der Waals surface area contributed by atoms with Crippen LogP contribution >= 0.6 is 11.8 Å². The molecule has 0 saturated heterocycles. The summed E-state index contributed by atoms with van der Waals surface area (Å²) in [6.45, 7) is 0.229. The molecule has 0 unspecified atom stereocenters. The third kappa shape index (κ3) is 3.60. The van der Waals surface area contributed by atoms with E-state index in [9.17, 15) is 13.6 Å². The molecule has 0 bridgehead atoms. The van der Waals surface area contributed by atoms with Crippen molar-refractivity contribution in [2.75, 3.05) is 6.54 Å². The van der Waals surface area contributed by atoms with Crippen LogP contribution in [0.1, 0.15) is 16.8 Å². The van der Waals surface area contributed by atoms with Crippen molar-refractivity contribution in [2.45, 2.75) is 17.1 Å². The minimum atomic E-state index is -2.52. The Hall–Kier alpha value is -0.940. The maximum Gasteiger partial charge on any atom is 0.288 e. The lowest BCUT2D eigenvalue weighted by Gasteiger charge is -2.06. The van der Waals surface area contributed by atoms with Crippen molar-refractivity contribution in [1.82, 2.24) is 0 Å². The van der Waals surface area contributed by atoms with Gasteiger partial charge in [-0.05, 0) is 12.6 Å². The first-order valence-electron chi connectivity index (χ1n) is 4.42. The molecule has 0 aliphatic rings. The number of rotatable bonds is 5. The van der Waals surface area contributed by atoms with Crippen LogP contribution in [0.15, 0.2) is 29.2 Å². The predicted octanol–water partition coefficient (Wildman–Crippen LogP) is 2.53. The molecule has 0 heterocycles. The predicted molar refractivity (Wildman–Crippen MR) is 56.3 cm³/mol. The molecule has 2 nitrogen and oxygen atoms in total. The second-order valence-electron chi connectivity index (χ2n) is 2.84. The molecule has 0 radical (unpaired) electrons. The normalized spacial score (nSPS) is 10.7. The lowest BCUT2D eigenvalue weighted by Crippen LogP contribution is -2.09. The van der Waals surface area contributed by atoms with E-state index in [1.54, 1.807) is 18.2 Å². The van der Waals surface area contributed by atoms with Gasteiger partial charge in [0.2, 0.25) is 0 Å². The first-order chi connectivity index (χ1) is 7.15. The molecule has 5 heteroatoms. The van der Waals surface area contributed by atoms with E-state index in [1.807, 2.05) is 0 Å². The highest BCUT2D eigenvalue weighted by Gasteiger charge is 2.13. The van der Waals surface area contributed by atoms with Gasteiger partial charge in [-0.2, -0.15) is 8.78 Å². The quantitative estimate of drug-likeness (QED) is 0.625. The van der Waals surface area contributed by atoms with Gasteiger partial charge in [0.05, 0.1) is 0 Å². The minimum Gasteiger partial charge on any atom is -0.330 e. The first-order valence-corrected chi connectivity index (χ1v) is 5.30. The topological polar surface area (TPSA) is 43.1 Å². The van der Waals surface area contributed by atoms with Crippen LogP contribution < -0.4 is 5.73 Å². The molecular formula is C10H11F2NOS. The smallest absolute Gasteiger partial charge is 0.288 e. The van der Waals surface area contributed by atoms with E-state index < -0.39 is 5.76 Å². The molecule has 2 N–H and O–H groups in total. The molecule has 1 rings (SSSR count). The SMILES string of the molecule is NCCC(=O)c1ccccc1SC(F)F. The maximum absolute atomic E-state index is 12.2. The molecule has 0 aromatic heterocycles. The van der Waals surface area contributed by atoms with Gasteiger partial charge in [-0.25, -0.2) is 0 Å². The molecule has 82 valence electrons. The fourth-order valence-corrected chi connectivity index (χ4v) is 1.82. The summed E-state index contributed by atoms with van der Waals surface area (Å²) in [5.74, 6) is -2.71. The molecule has 0 fully saturated rings. The summed E-state index contributed by atoms with van der Waals surface area (Å²) in [5, 5.41) is 0. The Kier molecular flexibility index (Phi) is 4.71. The molecule has 0 aliphatic heterocycles. The number of nitrogens with two attached hydrogens (primary N) is 1. The second kappa shape index (κ2) is 5.82. The highest BCUT2D eigenvalue weighted by atomic mass is 32.2. The average molecular weight is 231 g/mol. The van der Waals surface area contributed by atoms with Crippen LogP contribution in [0.4, 0.5) is 8.78 Å². The van der Waals surface area contributed by atoms with Crippen LogP contribution in [0.3, 0.4) is 0 Å². The van der Waals surface area contributed by atoms with Crippen molar-refractivity contribution in [2.24, 2.45) is 5.73 Å². The van der Waals surface area contributed by atoms with E-state index in [1.165, 1.54) is 6.07 Å². The molecule has 0 spiro atoms. The highest BCUT2D eigenvalue weighted by Crippen LogP contribution is 2.28. The van der Waals surface area contributed by atoms with Crippen LogP contribution in [0.2, 0.25) is 0 Å². The van der Waals surface area contributed by atoms with Crippen LogP contribution in [0.5, 0.6) is 0 Å². The Morgan fingerprint density at radius 1 is 1.40 bits per heavy atom. The molecule has 0 aliphatic carbocycles. The zero-order valence-corrected chi connectivity index (χ0v) is 8.77. The van der Waals surface area contributed by atoms with E-state index in [-0.39, 0.29) is 18.7 Å². The Bertz CT molecular complexity index is 344. The van der Waals surface area contributed by atoms with Gasteiger partial charge in [0, 0.05) is 16.9 Å². The van der Waals surface area contributed by atoms with Gasteiger partial charge in [-0.1, -0.05) is 30.0 Å². The largest absolute Gasteiger partial charge is 0.330 e. The van der Waals surface area contributed by atoms with E-state index in [4.69, 9.17) is 5.73 Å². The summed E-state index contributed by atoms with van der Waals surface area (Å²) >= 11 is 0.384. The number of Topliss-reactive ketones (excluding diaryl/α,β-unsaturated/α-hetero) is 1. The van der Waals surface area contributed by atoms with E-state index in [0.717, 1.165) is 0 Å². The molecule has 0 amide bonds. The number of carbonyl (C=O) groups excluding carboxylic acids is 1. The second-order valence-corrected chi connectivity index (χ2v) is 3.87. The Morgan fingerprint density at radius 3 is 2.67 bits per heavy atom. The number of thioether (sulfide) groups is 1. The van der Waals surface area contributed by atoms with Gasteiger partial charge >= 0.3 is 0 Å². The number of hydrogen-bond donors (Lipinski definition) is 1. The van der Waals surface area contributed by atoms with Crippen molar-refractivity contribution in [1.29, 1.82) is 0 Å². The summed E-state index contributed by atoms with van der Waals surface area (Å²) in [6.07, 6.45) is 0.181. The zero-order chi connectivity index (χ0) is 11.3. The Labute approximate surface area is 90.8 Å². The monoisotopic (exact) mass is 231 g/mol. The van der Waals surface area contributed by atoms with Crippen LogP contribution in [-0.4, -0.2) is 18.1 Å². The number of carbonyl (C=O) groups is 1. The van der Waals surface area contributed by atoms with Gasteiger partial charge < -0.3 is 5.73 Å². The Balaban J connectivity index is 2.90. The average Bonchev–Trinajstić information content (AvgIpc) is 2.18. The van der Waals surface area contributed by atoms with Gasteiger partial charge in [-0.15, -0.1) is 0 Å². The fourth-order valence-electron chi connectivity index (χ4n) is 1.16. The van der Waals surface area contributed by atoms with E-state index in [2.05, 4.69) is 0 Å². The molecule has 0 atom stereocenters. The number of alkyl halides is 2. The van der Waals surface area contributed by atoms with E-state index in [0.29, 0.717) is 22.2 Å².